The second-order valence-corrected chi connectivity index (χ2v) is 7.23. The Morgan fingerprint density at radius 1 is 1.35 bits per heavy atom. The summed E-state index contributed by atoms with van der Waals surface area (Å²) < 4.78 is 0. The van der Waals surface area contributed by atoms with Crippen molar-refractivity contribution >= 4 is 28.3 Å². The zero-order valence-corrected chi connectivity index (χ0v) is 12.8. The monoisotopic (exact) mass is 296 g/mol. The van der Waals surface area contributed by atoms with Gasteiger partial charge in [0.1, 0.15) is 5.01 Å². The number of nitrogens with zero attached hydrogens (tertiary/aromatic N) is 2. The molecule has 1 aromatic heterocycles. The standard InChI is InChI=1S/C13H19N3O3S/c1-7-15-16-11(20-7)14-9(17)8-5-6-13(4,10(18)19)12(8,2)3/h8H,5-6H2,1-4H3,(H,18,19)(H,14,16,17)/p-1/t8-,13+/m1/s1. The molecule has 6 nitrogen and oxygen atoms in total. The number of aromatic nitrogens is 2. The van der Waals surface area contributed by atoms with Crippen LogP contribution >= 0.6 is 11.3 Å². The lowest BCUT2D eigenvalue weighted by atomic mass is 9.65. The summed E-state index contributed by atoms with van der Waals surface area (Å²) in [5.74, 6) is -1.67. The SMILES string of the molecule is Cc1nnc(NC(=O)[C@H]2CC[C@@](C)(C(=O)[O-])C2(C)C)s1. The number of amides is 1. The van der Waals surface area contributed by atoms with Crippen LogP contribution in [-0.4, -0.2) is 22.1 Å². The fourth-order valence-corrected chi connectivity index (χ4v) is 3.46. The Morgan fingerprint density at radius 3 is 2.45 bits per heavy atom. The molecule has 1 aromatic rings. The highest BCUT2D eigenvalue weighted by molar-refractivity contribution is 7.15. The molecule has 1 N–H and O–H groups in total. The van der Waals surface area contributed by atoms with Crippen molar-refractivity contribution in [1.82, 2.24) is 10.2 Å². The van der Waals surface area contributed by atoms with E-state index < -0.39 is 16.8 Å². The molecule has 1 heterocycles. The molecule has 2 atom stereocenters. The van der Waals surface area contributed by atoms with E-state index >= 15 is 0 Å². The van der Waals surface area contributed by atoms with Crippen molar-refractivity contribution < 1.29 is 14.7 Å². The van der Waals surface area contributed by atoms with Gasteiger partial charge in [0.15, 0.2) is 0 Å². The van der Waals surface area contributed by atoms with E-state index in [1.54, 1.807) is 13.8 Å². The summed E-state index contributed by atoms with van der Waals surface area (Å²) in [7, 11) is 0. The number of carboxylic acid groups (broad SMARTS) is 1. The number of anilines is 1. The summed E-state index contributed by atoms with van der Waals surface area (Å²) in [5.41, 5.74) is -1.66. The first-order chi connectivity index (χ1) is 9.18. The number of carbonyl (C=O) groups is 2. The smallest absolute Gasteiger partial charge is 0.229 e. The van der Waals surface area contributed by atoms with Gasteiger partial charge in [0.25, 0.3) is 0 Å². The normalized spacial score (nSPS) is 28.3. The van der Waals surface area contributed by atoms with Crippen molar-refractivity contribution in [2.45, 2.75) is 40.5 Å². The Labute approximate surface area is 121 Å². The summed E-state index contributed by atoms with van der Waals surface area (Å²) in [5, 5.41) is 23.0. The van der Waals surface area contributed by atoms with Crippen LogP contribution in [0.3, 0.4) is 0 Å². The van der Waals surface area contributed by atoms with Gasteiger partial charge in [0, 0.05) is 17.3 Å². The largest absolute Gasteiger partial charge is 0.550 e. The number of hydrogen-bond acceptors (Lipinski definition) is 6. The van der Waals surface area contributed by atoms with Crippen LogP contribution in [0, 0.1) is 23.7 Å². The zero-order chi connectivity index (χ0) is 15.1. The molecule has 0 radical (unpaired) electrons. The summed E-state index contributed by atoms with van der Waals surface area (Å²) in [6.07, 6.45) is 0.969. The van der Waals surface area contributed by atoms with E-state index in [1.165, 1.54) is 11.3 Å². The van der Waals surface area contributed by atoms with Crippen molar-refractivity contribution in [3.05, 3.63) is 5.01 Å². The van der Waals surface area contributed by atoms with Gasteiger partial charge in [-0.15, -0.1) is 10.2 Å². The molecule has 0 bridgehead atoms. The highest BCUT2D eigenvalue weighted by atomic mass is 32.1. The molecule has 1 aliphatic rings. The summed E-state index contributed by atoms with van der Waals surface area (Å²) in [6.45, 7) is 7.08. The first-order valence-corrected chi connectivity index (χ1v) is 7.32. The third-order valence-corrected chi connectivity index (χ3v) is 5.50. The molecule has 2 rings (SSSR count). The minimum atomic E-state index is -1.09. The van der Waals surface area contributed by atoms with Crippen LogP contribution in [0.15, 0.2) is 0 Å². The fraction of sp³-hybridized carbons (Fsp3) is 0.692. The van der Waals surface area contributed by atoms with Gasteiger partial charge in [-0.25, -0.2) is 0 Å². The van der Waals surface area contributed by atoms with Gasteiger partial charge < -0.3 is 15.2 Å². The zero-order valence-electron chi connectivity index (χ0n) is 12.0. The average molecular weight is 296 g/mol. The third kappa shape index (κ3) is 2.19. The lowest BCUT2D eigenvalue weighted by Gasteiger charge is -2.41. The van der Waals surface area contributed by atoms with E-state index in [4.69, 9.17) is 0 Å². The topological polar surface area (TPSA) is 95.0 Å². The molecule has 0 aliphatic heterocycles. The number of hydrogen-bond donors (Lipinski definition) is 1. The van der Waals surface area contributed by atoms with Gasteiger partial charge in [0.2, 0.25) is 11.0 Å². The summed E-state index contributed by atoms with van der Waals surface area (Å²) in [6, 6.07) is 0. The Hall–Kier alpha value is -1.50. The molecular weight excluding hydrogens is 278 g/mol. The summed E-state index contributed by atoms with van der Waals surface area (Å²) >= 11 is 1.30. The van der Waals surface area contributed by atoms with Crippen LogP contribution in [0.25, 0.3) is 0 Å². The van der Waals surface area contributed by atoms with E-state index in [2.05, 4.69) is 15.5 Å². The molecule has 0 unspecified atom stereocenters. The first kappa shape index (κ1) is 14.9. The van der Waals surface area contributed by atoms with Crippen molar-refractivity contribution in [3.63, 3.8) is 0 Å². The molecule has 1 amide bonds. The van der Waals surface area contributed by atoms with Crippen LogP contribution in [0.4, 0.5) is 5.13 Å². The Bertz CT molecular complexity index is 555. The molecule has 1 fully saturated rings. The number of aryl methyl sites for hydroxylation is 1. The molecule has 7 heteroatoms. The minimum absolute atomic E-state index is 0.198. The molecule has 1 aliphatic carbocycles. The fourth-order valence-electron chi connectivity index (χ4n) is 2.86. The maximum absolute atomic E-state index is 12.4. The second kappa shape index (κ2) is 4.80. The van der Waals surface area contributed by atoms with E-state index in [-0.39, 0.29) is 11.8 Å². The summed E-state index contributed by atoms with van der Waals surface area (Å²) in [4.78, 5) is 23.8. The van der Waals surface area contributed by atoms with E-state index in [9.17, 15) is 14.7 Å². The number of nitrogens with one attached hydrogen (secondary N) is 1. The van der Waals surface area contributed by atoms with Crippen LogP contribution in [0.1, 0.15) is 38.6 Å². The number of carboxylic acids is 1. The molecule has 0 aromatic carbocycles. The van der Waals surface area contributed by atoms with Crippen molar-refractivity contribution in [2.75, 3.05) is 5.32 Å². The van der Waals surface area contributed by atoms with Gasteiger partial charge >= 0.3 is 0 Å². The lowest BCUT2D eigenvalue weighted by molar-refractivity contribution is -0.323. The molecule has 20 heavy (non-hydrogen) atoms. The van der Waals surface area contributed by atoms with Crippen LogP contribution in [0.2, 0.25) is 0 Å². The van der Waals surface area contributed by atoms with Gasteiger partial charge in [0.05, 0.1) is 0 Å². The van der Waals surface area contributed by atoms with Crippen LogP contribution in [0.5, 0.6) is 0 Å². The number of carbonyl (C=O) groups excluding carboxylic acids is 2. The van der Waals surface area contributed by atoms with Crippen molar-refractivity contribution in [2.24, 2.45) is 16.7 Å². The molecule has 0 spiro atoms. The van der Waals surface area contributed by atoms with Gasteiger partial charge in [-0.3, -0.25) is 4.79 Å². The Morgan fingerprint density at radius 2 is 2.00 bits per heavy atom. The molecule has 0 saturated heterocycles. The lowest BCUT2D eigenvalue weighted by Crippen LogP contribution is -2.49. The highest BCUT2D eigenvalue weighted by Gasteiger charge is 2.54. The van der Waals surface area contributed by atoms with E-state index in [0.29, 0.717) is 18.0 Å². The van der Waals surface area contributed by atoms with Gasteiger partial charge in [-0.05, 0) is 25.2 Å². The van der Waals surface area contributed by atoms with Crippen molar-refractivity contribution in [1.29, 1.82) is 0 Å². The van der Waals surface area contributed by atoms with E-state index in [0.717, 1.165) is 5.01 Å². The average Bonchev–Trinajstić information content (AvgIpc) is 2.83. The van der Waals surface area contributed by atoms with Crippen LogP contribution in [-0.2, 0) is 9.59 Å². The maximum Gasteiger partial charge on any atom is 0.229 e. The van der Waals surface area contributed by atoms with E-state index in [1.807, 2.05) is 13.8 Å². The second-order valence-electron chi connectivity index (χ2n) is 6.05. The Kier molecular flexibility index (Phi) is 3.58. The minimum Gasteiger partial charge on any atom is -0.550 e. The van der Waals surface area contributed by atoms with Gasteiger partial charge in [-0.1, -0.05) is 32.1 Å². The van der Waals surface area contributed by atoms with Crippen LogP contribution < -0.4 is 10.4 Å². The predicted octanol–water partition coefficient (Wildman–Crippen LogP) is 0.977. The van der Waals surface area contributed by atoms with Crippen molar-refractivity contribution in [3.8, 4) is 0 Å². The highest BCUT2D eigenvalue weighted by Crippen LogP contribution is 2.55. The van der Waals surface area contributed by atoms with Gasteiger partial charge in [-0.2, -0.15) is 0 Å². The predicted molar refractivity (Wildman–Crippen MR) is 72.9 cm³/mol. The maximum atomic E-state index is 12.4. The third-order valence-electron chi connectivity index (χ3n) is 4.75. The molecule has 1 saturated carbocycles. The number of aliphatic carboxylic acids is 1. The Balaban J connectivity index is 2.18. The quantitative estimate of drug-likeness (QED) is 0.897. The molecular formula is C13H18N3O3S-. The molecule has 110 valence electrons. The first-order valence-electron chi connectivity index (χ1n) is 6.51. The number of rotatable bonds is 3.